The second-order valence-electron chi connectivity index (χ2n) is 7.47. The van der Waals surface area contributed by atoms with Crippen molar-refractivity contribution in [2.45, 2.75) is 43.0 Å². The van der Waals surface area contributed by atoms with Gasteiger partial charge in [-0.2, -0.15) is 8.75 Å². The molecule has 1 aromatic carbocycles. The van der Waals surface area contributed by atoms with Gasteiger partial charge in [-0.05, 0) is 67.9 Å². The Bertz CT molecular complexity index is 833. The first-order valence-corrected chi connectivity index (χ1v) is 10.5. The molecule has 0 amide bonds. The lowest BCUT2D eigenvalue weighted by atomic mass is 9.54. The molecule has 0 atom stereocenters. The summed E-state index contributed by atoms with van der Waals surface area (Å²) in [7, 11) is -3.55. The number of hydrogen-bond donors (Lipinski definition) is 1. The number of aromatic nitrogens is 2. The van der Waals surface area contributed by atoms with Gasteiger partial charge in [0.15, 0.2) is 0 Å². The molecule has 1 heterocycles. The third-order valence-corrected chi connectivity index (χ3v) is 8.09. The molecule has 0 unspecified atom stereocenters. The lowest BCUT2D eigenvalue weighted by molar-refractivity contribution is -0.00557. The maximum absolute atomic E-state index is 13.0. The first-order chi connectivity index (χ1) is 11.1. The van der Waals surface area contributed by atoms with Crippen LogP contribution in [-0.2, 0) is 10.0 Å². The van der Waals surface area contributed by atoms with Crippen LogP contribution >= 0.6 is 11.7 Å². The molecule has 4 aliphatic carbocycles. The highest BCUT2D eigenvalue weighted by Gasteiger charge is 2.49. The highest BCUT2D eigenvalue weighted by molar-refractivity contribution is 7.89. The van der Waals surface area contributed by atoms with Crippen molar-refractivity contribution in [1.29, 1.82) is 0 Å². The van der Waals surface area contributed by atoms with Gasteiger partial charge in [-0.1, -0.05) is 6.07 Å². The Morgan fingerprint density at radius 2 is 1.70 bits per heavy atom. The lowest BCUT2D eigenvalue weighted by Gasteiger charge is -2.54. The van der Waals surface area contributed by atoms with Crippen LogP contribution in [0, 0.1) is 23.7 Å². The van der Waals surface area contributed by atoms with Crippen molar-refractivity contribution in [2.75, 3.05) is 0 Å². The second kappa shape index (κ2) is 4.97. The summed E-state index contributed by atoms with van der Waals surface area (Å²) < 4.78 is 37.3. The van der Waals surface area contributed by atoms with E-state index in [-0.39, 0.29) is 10.9 Å². The van der Waals surface area contributed by atoms with Gasteiger partial charge in [-0.15, -0.1) is 0 Å². The molecule has 2 aromatic rings. The van der Waals surface area contributed by atoms with Crippen LogP contribution in [0.15, 0.2) is 23.1 Å². The Morgan fingerprint density at radius 1 is 1.00 bits per heavy atom. The maximum atomic E-state index is 13.0. The quantitative estimate of drug-likeness (QED) is 0.925. The number of nitrogens with zero attached hydrogens (tertiary/aromatic N) is 2. The molecule has 6 rings (SSSR count). The fraction of sp³-hybridized carbons (Fsp3) is 0.625. The van der Waals surface area contributed by atoms with E-state index >= 15 is 0 Å². The number of nitrogens with one attached hydrogen (secondary N) is 1. The molecule has 4 aliphatic rings. The fourth-order valence-corrected chi connectivity index (χ4v) is 7.50. The Kier molecular flexibility index (Phi) is 3.09. The van der Waals surface area contributed by atoms with E-state index in [1.165, 1.54) is 32.1 Å². The van der Waals surface area contributed by atoms with Crippen molar-refractivity contribution in [1.82, 2.24) is 13.5 Å². The van der Waals surface area contributed by atoms with Crippen molar-refractivity contribution in [3.63, 3.8) is 0 Å². The third-order valence-electron chi connectivity index (χ3n) is 6.06. The topological polar surface area (TPSA) is 72.0 Å². The zero-order chi connectivity index (χ0) is 15.6. The summed E-state index contributed by atoms with van der Waals surface area (Å²) >= 11 is 1.06. The van der Waals surface area contributed by atoms with Gasteiger partial charge in [-0.25, -0.2) is 13.1 Å². The molecule has 7 heteroatoms. The van der Waals surface area contributed by atoms with Crippen LogP contribution in [0.5, 0.6) is 0 Å². The predicted octanol–water partition coefficient (Wildman–Crippen LogP) is 2.79. The number of rotatable bonds is 3. The molecule has 122 valence electrons. The maximum Gasteiger partial charge on any atom is 0.243 e. The Labute approximate surface area is 139 Å². The highest BCUT2D eigenvalue weighted by Crippen LogP contribution is 2.53. The standard InChI is InChI=1S/C16H19N3O2S2/c20-23(21,14-3-1-2-13-16(14)18-22-17-13)19-15-11-5-9-4-10(7-11)8-12(15)6-9/h1-3,9-12,15,19H,4-8H2. The molecule has 4 saturated carbocycles. The van der Waals surface area contributed by atoms with Crippen LogP contribution in [0.2, 0.25) is 0 Å². The predicted molar refractivity (Wildman–Crippen MR) is 88.6 cm³/mol. The lowest BCUT2D eigenvalue weighted by Crippen LogP contribution is -2.55. The molecular formula is C16H19N3O2S2. The second-order valence-corrected chi connectivity index (χ2v) is 9.68. The highest BCUT2D eigenvalue weighted by atomic mass is 32.2. The molecule has 1 aromatic heterocycles. The molecule has 0 aliphatic heterocycles. The summed E-state index contributed by atoms with van der Waals surface area (Å²) in [6.07, 6.45) is 6.16. The van der Waals surface area contributed by atoms with Crippen molar-refractivity contribution < 1.29 is 8.42 Å². The van der Waals surface area contributed by atoms with Gasteiger partial charge in [0, 0.05) is 6.04 Å². The third kappa shape index (κ3) is 2.24. The molecule has 0 saturated heterocycles. The van der Waals surface area contributed by atoms with Crippen molar-refractivity contribution in [2.24, 2.45) is 23.7 Å². The van der Waals surface area contributed by atoms with Gasteiger partial charge < -0.3 is 0 Å². The Balaban J connectivity index is 1.49. The van der Waals surface area contributed by atoms with Crippen LogP contribution in [0.25, 0.3) is 11.0 Å². The summed E-state index contributed by atoms with van der Waals surface area (Å²) in [6, 6.07) is 5.30. The minimum Gasteiger partial charge on any atom is -0.207 e. The van der Waals surface area contributed by atoms with Crippen LogP contribution in [0.1, 0.15) is 32.1 Å². The van der Waals surface area contributed by atoms with Crippen LogP contribution in [0.3, 0.4) is 0 Å². The van der Waals surface area contributed by atoms with Gasteiger partial charge in [0.1, 0.15) is 15.9 Å². The van der Waals surface area contributed by atoms with Gasteiger partial charge in [-0.3, -0.25) is 0 Å². The van der Waals surface area contributed by atoms with E-state index in [1.807, 2.05) is 0 Å². The average molecular weight is 349 g/mol. The minimum absolute atomic E-state index is 0.106. The van der Waals surface area contributed by atoms with Gasteiger partial charge in [0.2, 0.25) is 10.0 Å². The van der Waals surface area contributed by atoms with E-state index in [1.54, 1.807) is 18.2 Å². The molecular weight excluding hydrogens is 330 g/mol. The van der Waals surface area contributed by atoms with E-state index in [0.717, 1.165) is 23.6 Å². The molecule has 0 spiro atoms. The summed E-state index contributed by atoms with van der Waals surface area (Å²) in [5.41, 5.74) is 1.15. The summed E-state index contributed by atoms with van der Waals surface area (Å²) in [5.74, 6) is 2.72. The van der Waals surface area contributed by atoms with Gasteiger partial charge >= 0.3 is 0 Å². The zero-order valence-electron chi connectivity index (χ0n) is 12.7. The monoisotopic (exact) mass is 349 g/mol. The smallest absolute Gasteiger partial charge is 0.207 e. The van der Waals surface area contributed by atoms with E-state index in [2.05, 4.69) is 13.5 Å². The fourth-order valence-electron chi connectivity index (χ4n) is 5.36. The van der Waals surface area contributed by atoms with Crippen LogP contribution in [-0.4, -0.2) is 23.2 Å². The van der Waals surface area contributed by atoms with Crippen molar-refractivity contribution in [3.8, 4) is 0 Å². The van der Waals surface area contributed by atoms with E-state index in [0.29, 0.717) is 22.9 Å². The normalized spacial score (nSPS) is 35.9. The Hall–Kier alpha value is -1.05. The molecule has 4 fully saturated rings. The number of fused-ring (bicyclic) bond motifs is 1. The van der Waals surface area contributed by atoms with E-state index in [4.69, 9.17) is 0 Å². The zero-order valence-corrected chi connectivity index (χ0v) is 14.3. The van der Waals surface area contributed by atoms with Gasteiger partial charge in [0.05, 0.1) is 11.7 Å². The summed E-state index contributed by atoms with van der Waals surface area (Å²) in [4.78, 5) is 0.276. The molecule has 0 radical (unpaired) electrons. The SMILES string of the molecule is O=S(=O)(NC1C2CC3CC(C2)CC1C3)c1cccc2nsnc12. The molecule has 23 heavy (non-hydrogen) atoms. The van der Waals surface area contributed by atoms with Crippen LogP contribution in [0.4, 0.5) is 0 Å². The molecule has 1 N–H and O–H groups in total. The minimum atomic E-state index is -3.55. The van der Waals surface area contributed by atoms with Gasteiger partial charge in [0.25, 0.3) is 0 Å². The Morgan fingerprint density at radius 3 is 2.39 bits per heavy atom. The summed E-state index contributed by atoms with van der Waals surface area (Å²) in [6.45, 7) is 0. The van der Waals surface area contributed by atoms with Crippen molar-refractivity contribution in [3.05, 3.63) is 18.2 Å². The first kappa shape index (κ1) is 14.3. The number of benzene rings is 1. The molecule has 5 nitrogen and oxygen atoms in total. The van der Waals surface area contributed by atoms with Crippen molar-refractivity contribution >= 4 is 32.8 Å². The summed E-state index contributed by atoms with van der Waals surface area (Å²) in [5, 5.41) is 0. The molecule has 4 bridgehead atoms. The largest absolute Gasteiger partial charge is 0.243 e. The number of sulfonamides is 1. The first-order valence-electron chi connectivity index (χ1n) is 8.34. The number of hydrogen-bond acceptors (Lipinski definition) is 5. The van der Waals surface area contributed by atoms with E-state index in [9.17, 15) is 8.42 Å². The van der Waals surface area contributed by atoms with Crippen LogP contribution < -0.4 is 4.72 Å². The average Bonchev–Trinajstić information content (AvgIpc) is 2.98. The van der Waals surface area contributed by atoms with E-state index < -0.39 is 10.0 Å².